The normalized spacial score (nSPS) is 12.2. The molecule has 5 aromatic rings. The van der Waals surface area contributed by atoms with E-state index >= 15 is 0 Å². The van der Waals surface area contributed by atoms with Gasteiger partial charge < -0.3 is 21.3 Å². The maximum atomic E-state index is 3.34. The molecule has 1 fully saturated rings. The topological polar surface area (TPSA) is 0 Å². The van der Waals surface area contributed by atoms with Crippen LogP contribution in [0.5, 0.6) is 0 Å². The molecule has 5 aromatic carbocycles. The van der Waals surface area contributed by atoms with Crippen LogP contribution in [0.25, 0.3) is 21.5 Å². The predicted molar refractivity (Wildman–Crippen MR) is 189 cm³/mol. The van der Waals surface area contributed by atoms with Gasteiger partial charge in [0.05, 0.1) is 0 Å². The van der Waals surface area contributed by atoms with Crippen molar-refractivity contribution in [2.45, 2.75) is 84.5 Å². The van der Waals surface area contributed by atoms with E-state index < -0.39 is 0 Å². The third-order valence-corrected chi connectivity index (χ3v) is 6.92. The third-order valence-electron chi connectivity index (χ3n) is 6.92. The Bertz CT molecular complexity index is 1200. The van der Waals surface area contributed by atoms with Crippen LogP contribution in [0.1, 0.15) is 84.8 Å². The Morgan fingerprint density at radius 2 is 1.10 bits per heavy atom. The van der Waals surface area contributed by atoms with Crippen LogP contribution in [0.3, 0.4) is 0 Å². The molecule has 0 heterocycles. The van der Waals surface area contributed by atoms with Gasteiger partial charge in [0.15, 0.2) is 0 Å². The molecule has 0 aliphatic heterocycles. The monoisotopic (exact) mass is 636 g/mol. The summed E-state index contributed by atoms with van der Waals surface area (Å²) in [6.45, 7) is 13.6. The first-order valence-corrected chi connectivity index (χ1v) is 16.3. The number of rotatable bonds is 0. The minimum atomic E-state index is 0. The second-order valence-electron chi connectivity index (χ2n) is 12.2. The molecule has 0 N–H and O–H groups in total. The Labute approximate surface area is 274 Å². The van der Waals surface area contributed by atoms with Gasteiger partial charge in [0, 0.05) is 0 Å². The molecule has 0 bridgehead atoms. The van der Waals surface area contributed by atoms with Crippen LogP contribution in [0.2, 0.25) is 0 Å². The van der Waals surface area contributed by atoms with E-state index in [1.54, 1.807) is 0 Å². The van der Waals surface area contributed by atoms with Gasteiger partial charge in [0.2, 0.25) is 0 Å². The van der Waals surface area contributed by atoms with Crippen LogP contribution in [0.4, 0.5) is 0 Å². The Morgan fingerprint density at radius 3 is 1.33 bits per heavy atom. The average Bonchev–Trinajstić information content (AvgIpc) is 3.67. The first-order chi connectivity index (χ1) is 19.2. The van der Waals surface area contributed by atoms with E-state index in [2.05, 4.69) is 101 Å². The molecule has 1 aliphatic carbocycles. The van der Waals surface area contributed by atoms with E-state index in [1.807, 2.05) is 60.7 Å². The van der Waals surface area contributed by atoms with E-state index in [4.69, 9.17) is 0 Å². The molecular formula is C41H54Zr-6. The number of hydrogen-bond donors (Lipinski definition) is 0. The summed E-state index contributed by atoms with van der Waals surface area (Å²) in [6, 6.07) is 38.7. The van der Waals surface area contributed by atoms with Gasteiger partial charge in [-0.25, -0.2) is 12.1 Å². The molecule has 228 valence electrons. The van der Waals surface area contributed by atoms with Crippen molar-refractivity contribution in [3.8, 4) is 0 Å². The molecule has 1 saturated carbocycles. The van der Waals surface area contributed by atoms with Crippen molar-refractivity contribution in [3.05, 3.63) is 142 Å². The van der Waals surface area contributed by atoms with Crippen LogP contribution in [-0.2, 0) is 35.1 Å². The SMILES string of the molecule is CC(C)(C)c1ccc2c(c1)[cH-]c1cc(C(C)(C)C)ccc12.[CH-]1CCCCC1.[CH2]=[Zr].[CH3-].[CH3-].[c-]1ccccc1.c1cc[cH-]c1. The third kappa shape index (κ3) is 13.7. The van der Waals surface area contributed by atoms with Crippen LogP contribution in [0, 0.1) is 27.3 Å². The molecule has 6 rings (SSSR count). The zero-order valence-corrected chi connectivity index (χ0v) is 30.1. The maximum absolute atomic E-state index is 3.34. The van der Waals surface area contributed by atoms with Crippen molar-refractivity contribution in [2.75, 3.05) is 0 Å². The summed E-state index contributed by atoms with van der Waals surface area (Å²) in [4.78, 5) is 0. The second kappa shape index (κ2) is 20.5. The van der Waals surface area contributed by atoms with Gasteiger partial charge in [0.25, 0.3) is 0 Å². The molecule has 0 atom stereocenters. The van der Waals surface area contributed by atoms with Crippen molar-refractivity contribution in [1.82, 2.24) is 0 Å². The van der Waals surface area contributed by atoms with E-state index in [-0.39, 0.29) is 25.7 Å². The molecule has 0 amide bonds. The molecule has 1 heteroatoms. The summed E-state index contributed by atoms with van der Waals surface area (Å²) in [5.41, 5.74) is 3.21. The predicted octanol–water partition coefficient (Wildman–Crippen LogP) is 12.2. The molecular weight excluding hydrogens is 584 g/mol. The second-order valence-corrected chi connectivity index (χ2v) is 12.2. The minimum absolute atomic E-state index is 0. The number of hydrogen-bond acceptors (Lipinski definition) is 0. The molecule has 1 aliphatic rings. The van der Waals surface area contributed by atoms with Crippen LogP contribution in [0.15, 0.2) is 103 Å². The van der Waals surface area contributed by atoms with Gasteiger partial charge in [-0.05, 0) is 10.8 Å². The van der Waals surface area contributed by atoms with Gasteiger partial charge in [0.1, 0.15) is 0 Å². The van der Waals surface area contributed by atoms with E-state index in [0.29, 0.717) is 0 Å². The van der Waals surface area contributed by atoms with Crippen molar-refractivity contribution in [3.63, 3.8) is 0 Å². The first-order valence-electron chi connectivity index (χ1n) is 14.6. The zero-order valence-electron chi connectivity index (χ0n) is 27.6. The van der Waals surface area contributed by atoms with E-state index in [0.717, 1.165) is 0 Å². The molecule has 0 nitrogen and oxygen atoms in total. The molecule has 42 heavy (non-hydrogen) atoms. The average molecular weight is 638 g/mol. The summed E-state index contributed by atoms with van der Waals surface area (Å²) in [5.74, 6) is 0. The summed E-state index contributed by atoms with van der Waals surface area (Å²) in [5, 5.41) is 5.48. The van der Waals surface area contributed by atoms with Gasteiger partial charge >= 0.3 is 28.4 Å². The van der Waals surface area contributed by atoms with Crippen molar-refractivity contribution >= 4 is 25.8 Å². The van der Waals surface area contributed by atoms with Gasteiger partial charge in [-0.2, -0.15) is 67.4 Å². The fourth-order valence-electron chi connectivity index (χ4n) is 4.52. The quantitative estimate of drug-likeness (QED) is 0.148. The van der Waals surface area contributed by atoms with E-state index in [9.17, 15) is 0 Å². The fraction of sp³-hybridized carbons (Fsp3) is 0.317. The van der Waals surface area contributed by atoms with Crippen molar-refractivity contribution in [1.29, 1.82) is 0 Å². The largest absolute Gasteiger partial charge is 0.358 e. The van der Waals surface area contributed by atoms with Crippen LogP contribution < -0.4 is 0 Å². The first kappa shape index (κ1) is 39.6. The maximum Gasteiger partial charge on any atom is -0.171 e. The summed E-state index contributed by atoms with van der Waals surface area (Å²) in [6.07, 6.45) is 9.50. The Morgan fingerprint density at radius 1 is 0.643 bits per heavy atom. The zero-order chi connectivity index (χ0) is 29.4. The fourth-order valence-corrected chi connectivity index (χ4v) is 4.52. The summed E-state index contributed by atoms with van der Waals surface area (Å²) >= 11 is 1.30. The number of benzene rings is 3. The summed E-state index contributed by atoms with van der Waals surface area (Å²) < 4.78 is 3.34. The Kier molecular flexibility index (Phi) is 19.4. The standard InChI is InChI=1S/C21H25.C6H11.C6H5.C5H5.2CH3.CH2.Zr/c1-20(2,3)16-7-9-18-14(12-16)11-15-13-17(21(4,5)6)8-10-19(15)18;2*1-2-4-6-5-3-1;1-2-4-5-3-1;;;;/h7-13H,1-6H3;1H,2-6H2;1-5H;1-5H;2*1H3;1H2;/q6*-1;;. The van der Waals surface area contributed by atoms with E-state index in [1.165, 1.54) is 89.0 Å². The van der Waals surface area contributed by atoms with Gasteiger partial charge in [-0.3, -0.25) is 0 Å². The number of fused-ring (bicyclic) bond motifs is 3. The van der Waals surface area contributed by atoms with Crippen LogP contribution in [-0.4, -0.2) is 4.21 Å². The van der Waals surface area contributed by atoms with Crippen molar-refractivity contribution in [2.24, 2.45) is 0 Å². The smallest absolute Gasteiger partial charge is 0.171 e. The molecule has 0 spiro atoms. The van der Waals surface area contributed by atoms with Gasteiger partial charge in [-0.15, -0.1) is 39.7 Å². The molecule has 0 saturated heterocycles. The van der Waals surface area contributed by atoms with Crippen LogP contribution >= 0.6 is 0 Å². The Balaban J connectivity index is 0.000000651. The molecule has 0 aromatic heterocycles. The Hall–Kier alpha value is -2.37. The minimum Gasteiger partial charge on any atom is -0.358 e. The van der Waals surface area contributed by atoms with Crippen molar-refractivity contribution < 1.29 is 24.2 Å². The summed E-state index contributed by atoms with van der Waals surface area (Å²) in [7, 11) is 0. The molecule has 0 radical (unpaired) electrons. The molecule has 0 unspecified atom stereocenters. The van der Waals surface area contributed by atoms with Gasteiger partial charge in [-0.1, -0.05) is 96.2 Å².